The van der Waals surface area contributed by atoms with Gasteiger partial charge in [0, 0.05) is 42.0 Å². The zero-order valence-electron chi connectivity index (χ0n) is 15.0. The van der Waals surface area contributed by atoms with Gasteiger partial charge in [0.05, 0.1) is 0 Å². The van der Waals surface area contributed by atoms with Crippen molar-refractivity contribution in [2.45, 2.75) is 41.5 Å². The fourth-order valence-electron chi connectivity index (χ4n) is 4.64. The van der Waals surface area contributed by atoms with Crippen LogP contribution in [-0.2, 0) is 19.3 Å². The molecule has 0 saturated carbocycles. The minimum absolute atomic E-state index is 0.533. The fourth-order valence-corrected chi connectivity index (χ4v) is 5.82. The summed E-state index contributed by atoms with van der Waals surface area (Å²) in [6, 6.07) is 14.7. The summed E-state index contributed by atoms with van der Waals surface area (Å²) < 4.78 is 0. The third-order valence-corrected chi connectivity index (χ3v) is 7.36. The number of hydrogen-bond acceptors (Lipinski definition) is 3. The molecule has 0 spiro atoms. The van der Waals surface area contributed by atoms with E-state index in [0.717, 1.165) is 6.42 Å². The van der Waals surface area contributed by atoms with E-state index in [-0.39, 0.29) is 0 Å². The second-order valence-electron chi connectivity index (χ2n) is 7.78. The number of likely N-dealkylation sites (N-methyl/N-ethyl adjacent to an activating group) is 1. The molecule has 0 amide bonds. The number of aryl methyl sites for hydroxylation is 2. The van der Waals surface area contributed by atoms with Crippen LogP contribution in [0.1, 0.15) is 34.7 Å². The van der Waals surface area contributed by atoms with Crippen molar-refractivity contribution in [3.63, 3.8) is 0 Å². The van der Waals surface area contributed by atoms with Crippen molar-refractivity contribution >= 4 is 11.8 Å². The van der Waals surface area contributed by atoms with Crippen LogP contribution in [0.25, 0.3) is 0 Å². The van der Waals surface area contributed by atoms with E-state index in [0.29, 0.717) is 6.04 Å². The third-order valence-electron chi connectivity index (χ3n) is 6.17. The Kier molecular flexibility index (Phi) is 4.11. The quantitative estimate of drug-likeness (QED) is 0.762. The maximum atomic E-state index is 2.74. The van der Waals surface area contributed by atoms with Gasteiger partial charge in [-0.05, 0) is 67.1 Å². The SMILES string of the molecule is CN1CCN(C2Cc3ccccc3Sc3cc4c(cc32)CCC4)CC1. The van der Waals surface area contributed by atoms with E-state index in [1.807, 2.05) is 11.8 Å². The summed E-state index contributed by atoms with van der Waals surface area (Å²) in [5, 5.41) is 0. The normalized spacial score (nSPS) is 23.6. The first-order valence-corrected chi connectivity index (χ1v) is 10.4. The molecule has 1 unspecified atom stereocenters. The molecule has 3 aliphatic rings. The third kappa shape index (κ3) is 2.92. The van der Waals surface area contributed by atoms with Crippen LogP contribution >= 0.6 is 11.8 Å². The Morgan fingerprint density at radius 3 is 2.48 bits per heavy atom. The van der Waals surface area contributed by atoms with Gasteiger partial charge >= 0.3 is 0 Å². The topological polar surface area (TPSA) is 6.48 Å². The summed E-state index contributed by atoms with van der Waals surface area (Å²) in [5.74, 6) is 0. The van der Waals surface area contributed by atoms with Crippen LogP contribution in [0, 0.1) is 0 Å². The molecular formula is C22H26N2S. The van der Waals surface area contributed by atoms with Gasteiger partial charge in [-0.2, -0.15) is 0 Å². The molecule has 0 N–H and O–H groups in total. The number of piperazine rings is 1. The molecule has 25 heavy (non-hydrogen) atoms. The van der Waals surface area contributed by atoms with Crippen molar-refractivity contribution in [3.05, 3.63) is 58.7 Å². The Labute approximate surface area is 155 Å². The van der Waals surface area contributed by atoms with E-state index in [2.05, 4.69) is 53.2 Å². The van der Waals surface area contributed by atoms with Gasteiger partial charge in [0.15, 0.2) is 0 Å². The monoisotopic (exact) mass is 350 g/mol. The van der Waals surface area contributed by atoms with Crippen molar-refractivity contribution < 1.29 is 0 Å². The predicted octanol–water partition coefficient (Wildman–Crippen LogP) is 4.17. The lowest BCUT2D eigenvalue weighted by molar-refractivity contribution is 0.110. The highest BCUT2D eigenvalue weighted by molar-refractivity contribution is 7.99. The van der Waals surface area contributed by atoms with Crippen LogP contribution in [0.2, 0.25) is 0 Å². The molecule has 130 valence electrons. The van der Waals surface area contributed by atoms with Crippen molar-refractivity contribution in [2.75, 3.05) is 33.2 Å². The summed E-state index contributed by atoms with van der Waals surface area (Å²) in [5.41, 5.74) is 6.33. The highest BCUT2D eigenvalue weighted by Crippen LogP contribution is 2.45. The zero-order valence-corrected chi connectivity index (χ0v) is 15.8. The molecule has 2 aromatic rings. The van der Waals surface area contributed by atoms with Crippen LogP contribution in [0.5, 0.6) is 0 Å². The molecule has 3 heteroatoms. The van der Waals surface area contributed by atoms with Crippen molar-refractivity contribution in [1.82, 2.24) is 9.80 Å². The summed E-state index contributed by atoms with van der Waals surface area (Å²) in [7, 11) is 2.25. The van der Waals surface area contributed by atoms with Gasteiger partial charge in [0.25, 0.3) is 0 Å². The van der Waals surface area contributed by atoms with Crippen LogP contribution in [0.4, 0.5) is 0 Å². The lowest BCUT2D eigenvalue weighted by Crippen LogP contribution is -2.46. The summed E-state index contributed by atoms with van der Waals surface area (Å²) in [6.45, 7) is 4.74. The van der Waals surface area contributed by atoms with E-state index in [1.54, 1.807) is 16.7 Å². The second kappa shape index (κ2) is 6.46. The molecule has 0 radical (unpaired) electrons. The molecule has 5 rings (SSSR count). The molecule has 0 bridgehead atoms. The number of rotatable bonds is 1. The molecule has 2 nitrogen and oxygen atoms in total. The molecule has 1 aliphatic carbocycles. The standard InChI is InChI=1S/C22H26N2S/c1-23-9-11-24(12-10-23)20-14-18-5-2-3-8-21(18)25-22-15-17-7-4-6-16(17)13-19(20)22/h2-3,5,8,13,15,20H,4,6-7,9-12,14H2,1H3. The minimum Gasteiger partial charge on any atom is -0.304 e. The Bertz CT molecular complexity index is 793. The molecule has 1 atom stereocenters. The lowest BCUT2D eigenvalue weighted by atomic mass is 9.94. The average molecular weight is 351 g/mol. The van der Waals surface area contributed by atoms with Gasteiger partial charge in [0.1, 0.15) is 0 Å². The van der Waals surface area contributed by atoms with Gasteiger partial charge in [-0.1, -0.05) is 36.0 Å². The highest BCUT2D eigenvalue weighted by Gasteiger charge is 2.30. The van der Waals surface area contributed by atoms with E-state index in [9.17, 15) is 0 Å². The first kappa shape index (κ1) is 15.9. The second-order valence-corrected chi connectivity index (χ2v) is 8.87. The highest BCUT2D eigenvalue weighted by atomic mass is 32.2. The van der Waals surface area contributed by atoms with E-state index < -0.39 is 0 Å². The number of benzene rings is 2. The summed E-state index contributed by atoms with van der Waals surface area (Å²) in [6.07, 6.45) is 5.02. The van der Waals surface area contributed by atoms with Crippen molar-refractivity contribution in [1.29, 1.82) is 0 Å². The number of nitrogens with zero attached hydrogens (tertiary/aromatic N) is 2. The van der Waals surface area contributed by atoms with E-state index in [1.165, 1.54) is 60.8 Å². The molecule has 0 aromatic heterocycles. The summed E-state index contributed by atoms with van der Waals surface area (Å²) in [4.78, 5) is 8.16. The first-order chi connectivity index (χ1) is 12.3. The maximum Gasteiger partial charge on any atom is 0.0401 e. The molecule has 2 aromatic carbocycles. The molecule has 2 heterocycles. The van der Waals surface area contributed by atoms with Crippen LogP contribution < -0.4 is 0 Å². The molecule has 1 fully saturated rings. The lowest BCUT2D eigenvalue weighted by Gasteiger charge is -2.38. The molecule has 1 saturated heterocycles. The maximum absolute atomic E-state index is 2.74. The Morgan fingerprint density at radius 1 is 0.880 bits per heavy atom. The van der Waals surface area contributed by atoms with Gasteiger partial charge in [-0.3, -0.25) is 4.90 Å². The predicted molar refractivity (Wildman–Crippen MR) is 105 cm³/mol. The minimum atomic E-state index is 0.533. The number of hydrogen-bond donors (Lipinski definition) is 0. The van der Waals surface area contributed by atoms with Crippen LogP contribution in [-0.4, -0.2) is 43.0 Å². The van der Waals surface area contributed by atoms with Gasteiger partial charge in [-0.15, -0.1) is 0 Å². The Morgan fingerprint density at radius 2 is 1.64 bits per heavy atom. The molecule has 2 aliphatic heterocycles. The van der Waals surface area contributed by atoms with Crippen molar-refractivity contribution in [2.24, 2.45) is 0 Å². The first-order valence-electron chi connectivity index (χ1n) is 9.62. The van der Waals surface area contributed by atoms with Gasteiger partial charge in [-0.25, -0.2) is 0 Å². The zero-order chi connectivity index (χ0) is 16.8. The van der Waals surface area contributed by atoms with Crippen LogP contribution in [0.3, 0.4) is 0 Å². The van der Waals surface area contributed by atoms with Gasteiger partial charge in [0.2, 0.25) is 0 Å². The largest absolute Gasteiger partial charge is 0.304 e. The summed E-state index contributed by atoms with van der Waals surface area (Å²) >= 11 is 2.00. The average Bonchev–Trinajstić information content (AvgIpc) is 3.02. The Hall–Kier alpha value is -1.29. The van der Waals surface area contributed by atoms with E-state index in [4.69, 9.17) is 0 Å². The fraction of sp³-hybridized carbons (Fsp3) is 0.455. The molecular weight excluding hydrogens is 324 g/mol. The van der Waals surface area contributed by atoms with Crippen molar-refractivity contribution in [3.8, 4) is 0 Å². The number of fused-ring (bicyclic) bond motifs is 3. The Balaban J connectivity index is 1.60. The van der Waals surface area contributed by atoms with Gasteiger partial charge < -0.3 is 4.90 Å². The smallest absolute Gasteiger partial charge is 0.0401 e. The van der Waals surface area contributed by atoms with Crippen LogP contribution in [0.15, 0.2) is 46.2 Å². The van der Waals surface area contributed by atoms with E-state index >= 15 is 0 Å².